The monoisotopic (exact) mass is 328 g/mol. The van der Waals surface area contributed by atoms with Crippen LogP contribution in [0.4, 0.5) is 11.5 Å². The van der Waals surface area contributed by atoms with Crippen LogP contribution >= 0.6 is 15.9 Å². The molecule has 0 aromatic carbocycles. The number of halogens is 1. The van der Waals surface area contributed by atoms with Crippen LogP contribution in [-0.2, 0) is 0 Å². The average molecular weight is 329 g/mol. The standard InChI is InChI=1S/C12H17BrN4O2/c1-12(2)7-16(4-3-10(12)14)11-9(17(18)19)5-8(13)6-15-11/h5-6,10H,3-4,7,14H2,1-2H3. The fourth-order valence-electron chi connectivity index (χ4n) is 2.35. The Kier molecular flexibility index (Phi) is 3.78. The first-order chi connectivity index (χ1) is 8.81. The van der Waals surface area contributed by atoms with Crippen molar-refractivity contribution in [2.24, 2.45) is 11.1 Å². The molecule has 1 aliphatic rings. The summed E-state index contributed by atoms with van der Waals surface area (Å²) in [4.78, 5) is 16.9. The van der Waals surface area contributed by atoms with Gasteiger partial charge in [0, 0.05) is 35.9 Å². The lowest BCUT2D eigenvalue weighted by molar-refractivity contribution is -0.384. The summed E-state index contributed by atoms with van der Waals surface area (Å²) in [7, 11) is 0. The lowest BCUT2D eigenvalue weighted by Crippen LogP contribution is -2.52. The summed E-state index contributed by atoms with van der Waals surface area (Å²) < 4.78 is 0.607. The normalized spacial score (nSPS) is 22.3. The third-order valence-electron chi connectivity index (χ3n) is 3.62. The minimum Gasteiger partial charge on any atom is -0.350 e. The zero-order valence-corrected chi connectivity index (χ0v) is 12.6. The van der Waals surface area contributed by atoms with Crippen molar-refractivity contribution in [3.8, 4) is 0 Å². The minimum atomic E-state index is -0.394. The first-order valence-electron chi connectivity index (χ1n) is 6.12. The van der Waals surface area contributed by atoms with E-state index in [4.69, 9.17) is 5.73 Å². The largest absolute Gasteiger partial charge is 0.350 e. The van der Waals surface area contributed by atoms with Crippen molar-refractivity contribution in [2.45, 2.75) is 26.3 Å². The van der Waals surface area contributed by atoms with E-state index >= 15 is 0 Å². The van der Waals surface area contributed by atoms with Gasteiger partial charge in [0.25, 0.3) is 0 Å². The Morgan fingerprint density at radius 1 is 1.63 bits per heavy atom. The van der Waals surface area contributed by atoms with Gasteiger partial charge in [0.1, 0.15) is 0 Å². The maximum Gasteiger partial charge on any atom is 0.312 e. The van der Waals surface area contributed by atoms with Gasteiger partial charge in [0.2, 0.25) is 5.82 Å². The maximum atomic E-state index is 11.1. The highest BCUT2D eigenvalue weighted by molar-refractivity contribution is 9.10. The minimum absolute atomic E-state index is 0.0284. The van der Waals surface area contributed by atoms with Gasteiger partial charge >= 0.3 is 5.69 Å². The third kappa shape index (κ3) is 2.87. The zero-order valence-electron chi connectivity index (χ0n) is 11.0. The highest BCUT2D eigenvalue weighted by Gasteiger charge is 2.36. The summed E-state index contributed by atoms with van der Waals surface area (Å²) in [6.45, 7) is 5.52. The fourth-order valence-corrected chi connectivity index (χ4v) is 2.67. The molecule has 2 rings (SSSR count). The Bertz CT molecular complexity index is 507. The van der Waals surface area contributed by atoms with Crippen molar-refractivity contribution >= 4 is 27.4 Å². The fraction of sp³-hybridized carbons (Fsp3) is 0.583. The molecule has 0 bridgehead atoms. The van der Waals surface area contributed by atoms with Crippen molar-refractivity contribution in [3.05, 3.63) is 26.9 Å². The number of nitrogens with two attached hydrogens (primary N) is 1. The molecule has 1 aliphatic heterocycles. The smallest absolute Gasteiger partial charge is 0.312 e. The second kappa shape index (κ2) is 5.05. The van der Waals surface area contributed by atoms with Gasteiger partial charge in [-0.05, 0) is 27.8 Å². The number of hydrogen-bond donors (Lipinski definition) is 1. The van der Waals surface area contributed by atoms with Crippen LogP contribution in [0.5, 0.6) is 0 Å². The molecule has 1 fully saturated rings. The van der Waals surface area contributed by atoms with Crippen LogP contribution < -0.4 is 10.6 Å². The van der Waals surface area contributed by atoms with E-state index in [0.717, 1.165) is 6.42 Å². The van der Waals surface area contributed by atoms with E-state index in [-0.39, 0.29) is 17.1 Å². The molecule has 1 saturated heterocycles. The van der Waals surface area contributed by atoms with Gasteiger partial charge in [0.05, 0.1) is 4.92 Å². The zero-order chi connectivity index (χ0) is 14.2. The summed E-state index contributed by atoms with van der Waals surface area (Å²) in [5, 5.41) is 11.1. The van der Waals surface area contributed by atoms with Gasteiger partial charge in [-0.15, -0.1) is 0 Å². The third-order valence-corrected chi connectivity index (χ3v) is 4.06. The van der Waals surface area contributed by atoms with E-state index in [1.807, 2.05) is 4.90 Å². The SMILES string of the molecule is CC1(C)CN(c2ncc(Br)cc2[N+](=O)[O-])CCC1N. The van der Waals surface area contributed by atoms with Gasteiger partial charge in [-0.1, -0.05) is 13.8 Å². The van der Waals surface area contributed by atoms with Gasteiger partial charge in [-0.25, -0.2) is 4.98 Å². The van der Waals surface area contributed by atoms with E-state index in [1.165, 1.54) is 6.07 Å². The van der Waals surface area contributed by atoms with Crippen LogP contribution in [0.2, 0.25) is 0 Å². The maximum absolute atomic E-state index is 11.1. The van der Waals surface area contributed by atoms with Crippen LogP contribution in [0.1, 0.15) is 20.3 Å². The Labute approximate surface area is 120 Å². The predicted molar refractivity (Wildman–Crippen MR) is 77.2 cm³/mol. The number of nitrogens with zero attached hydrogens (tertiary/aromatic N) is 3. The van der Waals surface area contributed by atoms with Crippen molar-refractivity contribution < 1.29 is 4.92 Å². The van der Waals surface area contributed by atoms with Gasteiger partial charge in [-0.2, -0.15) is 0 Å². The van der Waals surface area contributed by atoms with Crippen molar-refractivity contribution in [1.82, 2.24) is 4.98 Å². The Morgan fingerprint density at radius 2 is 2.32 bits per heavy atom. The molecule has 7 heteroatoms. The van der Waals surface area contributed by atoms with Gasteiger partial charge in [-0.3, -0.25) is 10.1 Å². The molecule has 6 nitrogen and oxygen atoms in total. The van der Waals surface area contributed by atoms with E-state index in [0.29, 0.717) is 23.4 Å². The van der Waals surface area contributed by atoms with Crippen molar-refractivity contribution in [2.75, 3.05) is 18.0 Å². The number of hydrogen-bond acceptors (Lipinski definition) is 5. The molecule has 0 saturated carbocycles. The molecule has 1 unspecified atom stereocenters. The lowest BCUT2D eigenvalue weighted by Gasteiger charge is -2.42. The highest BCUT2D eigenvalue weighted by atomic mass is 79.9. The molecule has 19 heavy (non-hydrogen) atoms. The first kappa shape index (κ1) is 14.2. The molecule has 104 valence electrons. The highest BCUT2D eigenvalue weighted by Crippen LogP contribution is 2.35. The topological polar surface area (TPSA) is 85.3 Å². The summed E-state index contributed by atoms with van der Waals surface area (Å²) in [5.41, 5.74) is 6.03. The summed E-state index contributed by atoms with van der Waals surface area (Å²) >= 11 is 3.22. The number of aromatic nitrogens is 1. The Morgan fingerprint density at radius 3 is 2.89 bits per heavy atom. The molecule has 0 amide bonds. The molecule has 0 radical (unpaired) electrons. The molecule has 1 aromatic rings. The Hall–Kier alpha value is -1.21. The molecular weight excluding hydrogens is 312 g/mol. The average Bonchev–Trinajstić information content (AvgIpc) is 2.32. The molecule has 2 N–H and O–H groups in total. The van der Waals surface area contributed by atoms with Crippen LogP contribution in [-0.4, -0.2) is 29.0 Å². The number of anilines is 1. The number of piperidine rings is 1. The molecule has 0 spiro atoms. The number of rotatable bonds is 2. The van der Waals surface area contributed by atoms with Gasteiger partial charge in [0.15, 0.2) is 0 Å². The van der Waals surface area contributed by atoms with Crippen molar-refractivity contribution in [3.63, 3.8) is 0 Å². The molecule has 1 aromatic heterocycles. The van der Waals surface area contributed by atoms with Crippen LogP contribution in [0.25, 0.3) is 0 Å². The van der Waals surface area contributed by atoms with E-state index in [1.54, 1.807) is 6.20 Å². The van der Waals surface area contributed by atoms with Crippen LogP contribution in [0, 0.1) is 15.5 Å². The molecule has 2 heterocycles. The predicted octanol–water partition coefficient (Wildman–Crippen LogP) is 2.32. The van der Waals surface area contributed by atoms with Crippen molar-refractivity contribution in [1.29, 1.82) is 0 Å². The number of nitro groups is 1. The molecular formula is C12H17BrN4O2. The second-order valence-corrected chi connectivity index (χ2v) is 6.47. The second-order valence-electron chi connectivity index (χ2n) is 5.56. The summed E-state index contributed by atoms with van der Waals surface area (Å²) in [6, 6.07) is 1.60. The Balaban J connectivity index is 2.35. The van der Waals surface area contributed by atoms with Gasteiger partial charge < -0.3 is 10.6 Å². The summed E-state index contributed by atoms with van der Waals surface area (Å²) in [6.07, 6.45) is 2.39. The van der Waals surface area contributed by atoms with E-state index in [9.17, 15) is 10.1 Å². The number of pyridine rings is 1. The first-order valence-corrected chi connectivity index (χ1v) is 6.91. The quantitative estimate of drug-likeness (QED) is 0.665. The van der Waals surface area contributed by atoms with E-state index in [2.05, 4.69) is 34.8 Å². The molecule has 0 aliphatic carbocycles. The van der Waals surface area contributed by atoms with Crippen LogP contribution in [0.3, 0.4) is 0 Å². The summed E-state index contributed by atoms with van der Waals surface area (Å²) in [5.74, 6) is 0.424. The van der Waals surface area contributed by atoms with E-state index < -0.39 is 4.92 Å². The van der Waals surface area contributed by atoms with Crippen LogP contribution in [0.15, 0.2) is 16.7 Å². The molecule has 1 atom stereocenters. The lowest BCUT2D eigenvalue weighted by atomic mass is 9.79.